The van der Waals surface area contributed by atoms with Gasteiger partial charge in [0, 0.05) is 0 Å². The van der Waals surface area contributed by atoms with Crippen LogP contribution in [-0.4, -0.2) is 0 Å². The standard InChI is InChI=1S/C33H26/c1-17-13-26-20(4)31-25-12-8-11-24-28-15-19(3)22-9-6-7-10-23(22)29(28)16-30(33(24)25)32(31)21(5)27(26)14-18(17)2/h6-16H,1-5H3. The van der Waals surface area contributed by atoms with E-state index in [0.29, 0.717) is 0 Å². The lowest BCUT2D eigenvalue weighted by molar-refractivity contribution is 1.35. The summed E-state index contributed by atoms with van der Waals surface area (Å²) in [4.78, 5) is 0. The highest BCUT2D eigenvalue weighted by Gasteiger charge is 2.28. The smallest absolute Gasteiger partial charge is 0.00197 e. The molecule has 33 heavy (non-hydrogen) atoms. The molecule has 0 atom stereocenters. The van der Waals surface area contributed by atoms with Crippen LogP contribution in [0.2, 0.25) is 0 Å². The lowest BCUT2D eigenvalue weighted by Gasteiger charge is -2.17. The topological polar surface area (TPSA) is 0 Å². The van der Waals surface area contributed by atoms with Gasteiger partial charge in [-0.3, -0.25) is 0 Å². The van der Waals surface area contributed by atoms with Crippen LogP contribution in [0.25, 0.3) is 65.3 Å². The molecule has 0 heteroatoms. The van der Waals surface area contributed by atoms with Crippen molar-refractivity contribution in [2.75, 3.05) is 0 Å². The van der Waals surface area contributed by atoms with Crippen LogP contribution in [0.1, 0.15) is 27.8 Å². The molecular weight excluding hydrogens is 396 g/mol. The lowest BCUT2D eigenvalue weighted by atomic mass is 9.87. The summed E-state index contributed by atoms with van der Waals surface area (Å²) in [6.07, 6.45) is 0. The van der Waals surface area contributed by atoms with Gasteiger partial charge in [-0.2, -0.15) is 0 Å². The minimum absolute atomic E-state index is 1.35. The average Bonchev–Trinajstić information content (AvgIpc) is 3.16. The van der Waals surface area contributed by atoms with Crippen molar-refractivity contribution >= 4 is 43.1 Å². The second-order valence-corrected chi connectivity index (χ2v) is 9.97. The van der Waals surface area contributed by atoms with Crippen LogP contribution in [0.15, 0.2) is 66.7 Å². The Kier molecular flexibility index (Phi) is 3.57. The molecule has 7 rings (SSSR count). The van der Waals surface area contributed by atoms with E-state index in [2.05, 4.69) is 101 Å². The van der Waals surface area contributed by atoms with Gasteiger partial charge in [0.25, 0.3) is 0 Å². The molecule has 1 aliphatic rings. The fraction of sp³-hybridized carbons (Fsp3) is 0.152. The van der Waals surface area contributed by atoms with Crippen molar-refractivity contribution in [2.45, 2.75) is 34.6 Å². The van der Waals surface area contributed by atoms with E-state index in [4.69, 9.17) is 0 Å². The largest absolute Gasteiger partial charge is 0.0616 e. The molecule has 0 heterocycles. The summed E-state index contributed by atoms with van der Waals surface area (Å²) >= 11 is 0. The molecule has 0 N–H and O–H groups in total. The van der Waals surface area contributed by atoms with Crippen LogP contribution in [-0.2, 0) is 0 Å². The summed E-state index contributed by atoms with van der Waals surface area (Å²) in [5, 5.41) is 11.0. The summed E-state index contributed by atoms with van der Waals surface area (Å²) < 4.78 is 0. The first-order chi connectivity index (χ1) is 16.0. The van der Waals surface area contributed by atoms with Crippen LogP contribution in [0.3, 0.4) is 0 Å². The van der Waals surface area contributed by atoms with Gasteiger partial charge in [-0.05, 0) is 134 Å². The molecule has 6 aromatic carbocycles. The molecule has 0 fully saturated rings. The van der Waals surface area contributed by atoms with Crippen molar-refractivity contribution in [3.8, 4) is 22.3 Å². The number of rotatable bonds is 0. The van der Waals surface area contributed by atoms with Crippen LogP contribution >= 0.6 is 0 Å². The van der Waals surface area contributed by atoms with Gasteiger partial charge in [0.1, 0.15) is 0 Å². The lowest BCUT2D eigenvalue weighted by Crippen LogP contribution is -1.93. The second-order valence-electron chi connectivity index (χ2n) is 9.97. The predicted molar refractivity (Wildman–Crippen MR) is 145 cm³/mol. The Hall–Kier alpha value is -3.64. The van der Waals surface area contributed by atoms with Gasteiger partial charge in [-0.1, -0.05) is 60.7 Å². The van der Waals surface area contributed by atoms with Crippen molar-refractivity contribution in [3.05, 3.63) is 94.5 Å². The monoisotopic (exact) mass is 422 g/mol. The third-order valence-corrected chi connectivity index (χ3v) is 8.19. The summed E-state index contributed by atoms with van der Waals surface area (Å²) in [5.74, 6) is 0. The van der Waals surface area contributed by atoms with Crippen LogP contribution < -0.4 is 0 Å². The highest BCUT2D eigenvalue weighted by atomic mass is 14.3. The van der Waals surface area contributed by atoms with Gasteiger partial charge in [-0.15, -0.1) is 0 Å². The molecule has 0 saturated carbocycles. The maximum absolute atomic E-state index is 2.48. The third kappa shape index (κ3) is 2.26. The maximum atomic E-state index is 2.48. The molecule has 158 valence electrons. The highest BCUT2D eigenvalue weighted by molar-refractivity contribution is 6.29. The fourth-order valence-electron chi connectivity index (χ4n) is 6.40. The zero-order chi connectivity index (χ0) is 22.6. The Labute approximate surface area is 194 Å². The van der Waals surface area contributed by atoms with Gasteiger partial charge < -0.3 is 0 Å². The van der Waals surface area contributed by atoms with Gasteiger partial charge in [0.05, 0.1) is 0 Å². The van der Waals surface area contributed by atoms with Gasteiger partial charge in [0.2, 0.25) is 0 Å². The predicted octanol–water partition coefficient (Wildman–Crippen LogP) is 9.49. The number of fused-ring (bicyclic) bond motifs is 8. The number of hydrogen-bond acceptors (Lipinski definition) is 0. The Morgan fingerprint density at radius 1 is 0.394 bits per heavy atom. The van der Waals surface area contributed by atoms with Crippen LogP contribution in [0.4, 0.5) is 0 Å². The van der Waals surface area contributed by atoms with Gasteiger partial charge in [-0.25, -0.2) is 0 Å². The molecule has 0 bridgehead atoms. The maximum Gasteiger partial charge on any atom is -0.00197 e. The first-order valence-electron chi connectivity index (χ1n) is 11.9. The van der Waals surface area contributed by atoms with E-state index in [-0.39, 0.29) is 0 Å². The van der Waals surface area contributed by atoms with Crippen molar-refractivity contribution in [1.82, 2.24) is 0 Å². The zero-order valence-electron chi connectivity index (χ0n) is 19.9. The Morgan fingerprint density at radius 3 is 1.64 bits per heavy atom. The van der Waals surface area contributed by atoms with Crippen molar-refractivity contribution in [1.29, 1.82) is 0 Å². The minimum atomic E-state index is 1.35. The average molecular weight is 423 g/mol. The Morgan fingerprint density at radius 2 is 0.939 bits per heavy atom. The van der Waals surface area contributed by atoms with E-state index >= 15 is 0 Å². The van der Waals surface area contributed by atoms with E-state index < -0.39 is 0 Å². The van der Waals surface area contributed by atoms with Gasteiger partial charge >= 0.3 is 0 Å². The van der Waals surface area contributed by atoms with E-state index in [1.807, 2.05) is 0 Å². The summed E-state index contributed by atoms with van der Waals surface area (Å²) in [6, 6.07) is 25.4. The molecule has 0 radical (unpaired) electrons. The molecule has 6 aromatic rings. The molecule has 0 spiro atoms. The first-order valence-corrected chi connectivity index (χ1v) is 11.9. The summed E-state index contributed by atoms with van der Waals surface area (Å²) in [7, 11) is 0. The quantitative estimate of drug-likeness (QED) is 0.213. The minimum Gasteiger partial charge on any atom is -0.0616 e. The van der Waals surface area contributed by atoms with Gasteiger partial charge in [0.15, 0.2) is 0 Å². The van der Waals surface area contributed by atoms with E-state index in [1.165, 1.54) is 93.2 Å². The SMILES string of the molecule is Cc1cc2c(C)c3c(c(C)c2cc1C)-c1cc2c4ccccc4c(C)cc2c2cccc-3c12. The molecule has 0 aliphatic heterocycles. The van der Waals surface area contributed by atoms with E-state index in [0.717, 1.165) is 0 Å². The number of benzene rings is 6. The summed E-state index contributed by atoms with van der Waals surface area (Å²) in [6.45, 7) is 11.3. The van der Waals surface area contributed by atoms with Crippen molar-refractivity contribution in [3.63, 3.8) is 0 Å². The summed E-state index contributed by atoms with van der Waals surface area (Å²) in [5.41, 5.74) is 12.5. The molecular formula is C33H26. The fourth-order valence-corrected chi connectivity index (χ4v) is 6.40. The molecule has 0 amide bonds. The van der Waals surface area contributed by atoms with Crippen LogP contribution in [0.5, 0.6) is 0 Å². The number of hydrogen-bond donors (Lipinski definition) is 0. The zero-order valence-corrected chi connectivity index (χ0v) is 19.9. The molecule has 1 aliphatic carbocycles. The third-order valence-electron chi connectivity index (χ3n) is 8.19. The van der Waals surface area contributed by atoms with E-state index in [1.54, 1.807) is 0 Å². The number of aryl methyl sites for hydroxylation is 5. The second kappa shape index (κ2) is 6.23. The molecule has 0 unspecified atom stereocenters. The van der Waals surface area contributed by atoms with Crippen molar-refractivity contribution in [2.24, 2.45) is 0 Å². The first kappa shape index (κ1) is 18.9. The molecule has 0 aromatic heterocycles. The molecule has 0 nitrogen and oxygen atoms in total. The van der Waals surface area contributed by atoms with Crippen molar-refractivity contribution < 1.29 is 0 Å². The molecule has 0 saturated heterocycles. The highest BCUT2D eigenvalue weighted by Crippen LogP contribution is 2.54. The normalized spacial score (nSPS) is 12.4. The Balaban J connectivity index is 1.75. The Bertz CT molecular complexity index is 1850. The van der Waals surface area contributed by atoms with Crippen LogP contribution in [0, 0.1) is 34.6 Å². The van der Waals surface area contributed by atoms with E-state index in [9.17, 15) is 0 Å².